The standard InChI is InChI=1S/C18H22N4O2/c19-9-2-10-24-16-7-5-13(6-8-16)12-22-18(23)15-4-1-3-14(11-15)17(20)21/h1,3-8,11H,2,9-10,12,19H2,(H3,20,21)(H,22,23). The monoisotopic (exact) mass is 326 g/mol. The number of carbonyl (C=O) groups excluding carboxylic acids is 1. The third-order valence-electron chi connectivity index (χ3n) is 3.43. The van der Waals surface area contributed by atoms with E-state index in [1.807, 2.05) is 24.3 Å². The molecule has 1 amide bonds. The van der Waals surface area contributed by atoms with Crippen molar-refractivity contribution in [2.75, 3.05) is 13.2 Å². The molecule has 0 heterocycles. The lowest BCUT2D eigenvalue weighted by atomic mass is 10.1. The van der Waals surface area contributed by atoms with E-state index in [1.165, 1.54) is 0 Å². The quantitative estimate of drug-likeness (QED) is 0.335. The molecule has 0 aromatic heterocycles. The van der Waals surface area contributed by atoms with Gasteiger partial charge in [0, 0.05) is 17.7 Å². The fourth-order valence-electron chi connectivity index (χ4n) is 2.09. The molecule has 0 bridgehead atoms. The van der Waals surface area contributed by atoms with Crippen LogP contribution in [-0.2, 0) is 6.54 Å². The predicted octanol–water partition coefficient (Wildman–Crippen LogP) is 1.63. The summed E-state index contributed by atoms with van der Waals surface area (Å²) in [5.41, 5.74) is 12.8. The van der Waals surface area contributed by atoms with E-state index in [0.29, 0.717) is 30.8 Å². The SMILES string of the molecule is N=C(N)c1cccc(C(=O)NCc2ccc(OCCCN)cc2)c1. The first-order chi connectivity index (χ1) is 11.6. The van der Waals surface area contributed by atoms with Crippen molar-refractivity contribution in [3.05, 3.63) is 65.2 Å². The zero-order valence-corrected chi connectivity index (χ0v) is 13.4. The Hall–Kier alpha value is -2.86. The molecular formula is C18H22N4O2. The molecule has 6 nitrogen and oxygen atoms in total. The molecule has 24 heavy (non-hydrogen) atoms. The zero-order valence-electron chi connectivity index (χ0n) is 13.4. The van der Waals surface area contributed by atoms with Crippen molar-refractivity contribution in [2.45, 2.75) is 13.0 Å². The lowest BCUT2D eigenvalue weighted by Gasteiger charge is -2.08. The van der Waals surface area contributed by atoms with Crippen molar-refractivity contribution in [1.82, 2.24) is 5.32 Å². The van der Waals surface area contributed by atoms with Gasteiger partial charge in [-0.2, -0.15) is 0 Å². The van der Waals surface area contributed by atoms with E-state index in [9.17, 15) is 4.79 Å². The van der Waals surface area contributed by atoms with Gasteiger partial charge in [0.2, 0.25) is 0 Å². The molecule has 0 spiro atoms. The minimum absolute atomic E-state index is 0.0603. The van der Waals surface area contributed by atoms with E-state index < -0.39 is 0 Å². The maximum Gasteiger partial charge on any atom is 0.251 e. The van der Waals surface area contributed by atoms with Gasteiger partial charge < -0.3 is 21.5 Å². The molecule has 0 unspecified atom stereocenters. The molecule has 0 fully saturated rings. The maximum absolute atomic E-state index is 12.2. The normalized spacial score (nSPS) is 10.2. The number of nitrogens with two attached hydrogens (primary N) is 2. The van der Waals surface area contributed by atoms with Crippen molar-refractivity contribution < 1.29 is 9.53 Å². The van der Waals surface area contributed by atoms with Gasteiger partial charge in [0.25, 0.3) is 5.91 Å². The van der Waals surface area contributed by atoms with Crippen LogP contribution < -0.4 is 21.5 Å². The molecule has 0 atom stereocenters. The highest BCUT2D eigenvalue weighted by molar-refractivity contribution is 5.99. The van der Waals surface area contributed by atoms with Crippen LogP contribution in [0.3, 0.4) is 0 Å². The van der Waals surface area contributed by atoms with Crippen LogP contribution in [0.5, 0.6) is 5.75 Å². The average Bonchev–Trinajstić information content (AvgIpc) is 2.61. The molecule has 0 saturated carbocycles. The summed E-state index contributed by atoms with van der Waals surface area (Å²) in [6, 6.07) is 14.3. The molecule has 0 aliphatic heterocycles. The van der Waals surface area contributed by atoms with Crippen LogP contribution in [0, 0.1) is 5.41 Å². The van der Waals surface area contributed by atoms with Gasteiger partial charge in [0.1, 0.15) is 11.6 Å². The maximum atomic E-state index is 12.2. The summed E-state index contributed by atoms with van der Waals surface area (Å²) in [7, 11) is 0. The Morgan fingerprint density at radius 2 is 1.83 bits per heavy atom. The van der Waals surface area contributed by atoms with E-state index in [2.05, 4.69) is 5.32 Å². The number of nitrogens with one attached hydrogen (secondary N) is 2. The van der Waals surface area contributed by atoms with Gasteiger partial charge in [-0.15, -0.1) is 0 Å². The Balaban J connectivity index is 1.89. The summed E-state index contributed by atoms with van der Waals surface area (Å²) >= 11 is 0. The van der Waals surface area contributed by atoms with Crippen LogP contribution in [0.25, 0.3) is 0 Å². The summed E-state index contributed by atoms with van der Waals surface area (Å²) in [5.74, 6) is 0.518. The minimum Gasteiger partial charge on any atom is -0.494 e. The number of nitrogen functional groups attached to an aromatic ring is 1. The molecule has 6 N–H and O–H groups in total. The summed E-state index contributed by atoms with van der Waals surface area (Å²) in [4.78, 5) is 12.2. The second-order valence-electron chi connectivity index (χ2n) is 5.31. The Kier molecular flexibility index (Phi) is 6.33. The highest BCUT2D eigenvalue weighted by atomic mass is 16.5. The Morgan fingerprint density at radius 1 is 1.12 bits per heavy atom. The number of amides is 1. The topological polar surface area (TPSA) is 114 Å². The average molecular weight is 326 g/mol. The van der Waals surface area contributed by atoms with E-state index >= 15 is 0 Å². The molecule has 2 rings (SSSR count). The molecule has 0 aliphatic rings. The second-order valence-corrected chi connectivity index (χ2v) is 5.31. The number of hydrogen-bond donors (Lipinski definition) is 4. The van der Waals surface area contributed by atoms with E-state index in [-0.39, 0.29) is 11.7 Å². The first-order valence-corrected chi connectivity index (χ1v) is 7.74. The Morgan fingerprint density at radius 3 is 2.50 bits per heavy atom. The molecule has 2 aromatic rings. The highest BCUT2D eigenvalue weighted by Crippen LogP contribution is 2.12. The minimum atomic E-state index is -0.207. The van der Waals surface area contributed by atoms with Gasteiger partial charge in [-0.25, -0.2) is 0 Å². The molecule has 0 radical (unpaired) electrons. The summed E-state index contributed by atoms with van der Waals surface area (Å²) < 4.78 is 5.53. The van der Waals surface area contributed by atoms with Gasteiger partial charge >= 0.3 is 0 Å². The summed E-state index contributed by atoms with van der Waals surface area (Å²) in [6.07, 6.45) is 0.817. The van der Waals surface area contributed by atoms with Crippen molar-refractivity contribution in [1.29, 1.82) is 5.41 Å². The summed E-state index contributed by atoms with van der Waals surface area (Å²) in [6.45, 7) is 1.61. The van der Waals surface area contributed by atoms with Gasteiger partial charge in [-0.3, -0.25) is 10.2 Å². The number of ether oxygens (including phenoxy) is 1. The van der Waals surface area contributed by atoms with Gasteiger partial charge in [0.05, 0.1) is 6.61 Å². The molecular weight excluding hydrogens is 304 g/mol. The number of benzene rings is 2. The predicted molar refractivity (Wildman–Crippen MR) is 94.2 cm³/mol. The van der Waals surface area contributed by atoms with Gasteiger partial charge in [-0.1, -0.05) is 24.3 Å². The smallest absolute Gasteiger partial charge is 0.251 e. The van der Waals surface area contributed by atoms with E-state index in [0.717, 1.165) is 17.7 Å². The van der Waals surface area contributed by atoms with Crippen LogP contribution in [0.4, 0.5) is 0 Å². The van der Waals surface area contributed by atoms with Crippen molar-refractivity contribution >= 4 is 11.7 Å². The van der Waals surface area contributed by atoms with Crippen molar-refractivity contribution in [3.8, 4) is 5.75 Å². The first kappa shape index (κ1) is 17.5. The van der Waals surface area contributed by atoms with Gasteiger partial charge in [-0.05, 0) is 42.8 Å². The van der Waals surface area contributed by atoms with Crippen LogP contribution >= 0.6 is 0 Å². The second kappa shape index (κ2) is 8.69. The number of hydrogen-bond acceptors (Lipinski definition) is 4. The fraction of sp³-hybridized carbons (Fsp3) is 0.222. The molecule has 2 aromatic carbocycles. The van der Waals surface area contributed by atoms with Crippen molar-refractivity contribution in [3.63, 3.8) is 0 Å². The largest absolute Gasteiger partial charge is 0.494 e. The molecule has 126 valence electrons. The fourth-order valence-corrected chi connectivity index (χ4v) is 2.09. The highest BCUT2D eigenvalue weighted by Gasteiger charge is 2.07. The molecule has 0 saturated heterocycles. The van der Waals surface area contributed by atoms with Gasteiger partial charge in [0.15, 0.2) is 0 Å². The lowest BCUT2D eigenvalue weighted by molar-refractivity contribution is 0.0951. The third-order valence-corrected chi connectivity index (χ3v) is 3.43. The number of rotatable bonds is 8. The van der Waals surface area contributed by atoms with Crippen LogP contribution in [0.15, 0.2) is 48.5 Å². The number of amidine groups is 1. The van der Waals surface area contributed by atoms with Crippen LogP contribution in [0.1, 0.15) is 27.9 Å². The van der Waals surface area contributed by atoms with E-state index in [4.69, 9.17) is 21.6 Å². The third kappa shape index (κ3) is 5.10. The Labute approximate surface area is 141 Å². The van der Waals surface area contributed by atoms with Crippen molar-refractivity contribution in [2.24, 2.45) is 11.5 Å². The lowest BCUT2D eigenvalue weighted by Crippen LogP contribution is -2.23. The summed E-state index contributed by atoms with van der Waals surface area (Å²) in [5, 5.41) is 10.3. The zero-order chi connectivity index (χ0) is 17.4. The van der Waals surface area contributed by atoms with Crippen LogP contribution in [0.2, 0.25) is 0 Å². The Bertz CT molecular complexity index is 698. The number of carbonyl (C=O) groups is 1. The van der Waals surface area contributed by atoms with Crippen LogP contribution in [-0.4, -0.2) is 24.9 Å². The molecule has 0 aliphatic carbocycles. The van der Waals surface area contributed by atoms with E-state index in [1.54, 1.807) is 24.3 Å². The first-order valence-electron chi connectivity index (χ1n) is 7.74. The molecule has 6 heteroatoms.